The number of nitrogens with zero attached hydrogens (tertiary/aromatic N) is 2. The summed E-state index contributed by atoms with van der Waals surface area (Å²) in [4.78, 5) is 3.96. The molecule has 20 heavy (non-hydrogen) atoms. The first-order chi connectivity index (χ1) is 9.61. The van der Waals surface area contributed by atoms with Gasteiger partial charge in [-0.1, -0.05) is 6.07 Å². The zero-order valence-electron chi connectivity index (χ0n) is 11.0. The molecule has 0 bridgehead atoms. The van der Waals surface area contributed by atoms with Gasteiger partial charge in [-0.05, 0) is 31.2 Å². The molecule has 0 spiro atoms. The fourth-order valence-electron chi connectivity index (χ4n) is 1.82. The van der Waals surface area contributed by atoms with Gasteiger partial charge in [-0.3, -0.25) is 0 Å². The second kappa shape index (κ2) is 6.13. The highest BCUT2D eigenvalue weighted by Crippen LogP contribution is 2.25. The minimum atomic E-state index is -0.358. The topological polar surface area (TPSA) is 71.9 Å². The average Bonchev–Trinajstić information content (AvgIpc) is 2.46. The summed E-state index contributed by atoms with van der Waals surface area (Å²) in [6, 6.07) is 9.37. The van der Waals surface area contributed by atoms with Crippen molar-refractivity contribution >= 4 is 0 Å². The minimum Gasteiger partial charge on any atom is -0.488 e. The SMILES string of the molecule is C[C@H](N)c1cc(F)ccc1OCc1cccnc1C#N. The molecular weight excluding hydrogens is 257 g/mol. The molecule has 1 aromatic heterocycles. The lowest BCUT2D eigenvalue weighted by molar-refractivity contribution is 0.300. The van der Waals surface area contributed by atoms with Crippen molar-refractivity contribution in [1.82, 2.24) is 4.98 Å². The number of hydrogen-bond acceptors (Lipinski definition) is 4. The number of nitriles is 1. The molecule has 0 aliphatic heterocycles. The Balaban J connectivity index is 2.21. The number of hydrogen-bond donors (Lipinski definition) is 1. The summed E-state index contributed by atoms with van der Waals surface area (Å²) in [7, 11) is 0. The van der Waals surface area contributed by atoms with Gasteiger partial charge in [-0.2, -0.15) is 5.26 Å². The molecule has 2 rings (SSSR count). The summed E-state index contributed by atoms with van der Waals surface area (Å²) in [6.45, 7) is 1.94. The zero-order valence-corrected chi connectivity index (χ0v) is 11.0. The van der Waals surface area contributed by atoms with E-state index in [-0.39, 0.29) is 18.5 Å². The van der Waals surface area contributed by atoms with Crippen LogP contribution in [0.3, 0.4) is 0 Å². The Hall–Kier alpha value is -2.45. The number of rotatable bonds is 4. The van der Waals surface area contributed by atoms with Gasteiger partial charge in [-0.15, -0.1) is 0 Å². The Morgan fingerprint density at radius 2 is 2.25 bits per heavy atom. The molecule has 0 radical (unpaired) electrons. The van der Waals surface area contributed by atoms with Crippen molar-refractivity contribution < 1.29 is 9.13 Å². The van der Waals surface area contributed by atoms with Crippen LogP contribution in [0.15, 0.2) is 36.5 Å². The Labute approximate surface area is 116 Å². The molecule has 102 valence electrons. The molecule has 0 unspecified atom stereocenters. The van der Waals surface area contributed by atoms with Crippen molar-refractivity contribution in [1.29, 1.82) is 5.26 Å². The molecule has 1 aromatic carbocycles. The van der Waals surface area contributed by atoms with Gasteiger partial charge >= 0.3 is 0 Å². The maximum absolute atomic E-state index is 13.2. The van der Waals surface area contributed by atoms with Crippen molar-refractivity contribution in [2.45, 2.75) is 19.6 Å². The molecule has 1 heterocycles. The molecule has 0 fully saturated rings. The molecule has 0 aliphatic carbocycles. The smallest absolute Gasteiger partial charge is 0.147 e. The van der Waals surface area contributed by atoms with Crippen LogP contribution < -0.4 is 10.5 Å². The molecular formula is C15H14FN3O. The maximum atomic E-state index is 13.2. The van der Waals surface area contributed by atoms with Gasteiger partial charge in [0.15, 0.2) is 0 Å². The molecule has 5 heteroatoms. The van der Waals surface area contributed by atoms with Crippen LogP contribution in [0.4, 0.5) is 4.39 Å². The van der Waals surface area contributed by atoms with E-state index in [1.807, 2.05) is 6.07 Å². The lowest BCUT2D eigenvalue weighted by atomic mass is 10.1. The van der Waals surface area contributed by atoms with Gasteiger partial charge in [0.1, 0.15) is 29.9 Å². The van der Waals surface area contributed by atoms with E-state index in [2.05, 4.69) is 4.98 Å². The lowest BCUT2D eigenvalue weighted by Gasteiger charge is -2.14. The second-order valence-corrected chi connectivity index (χ2v) is 4.38. The monoisotopic (exact) mass is 271 g/mol. The van der Waals surface area contributed by atoms with Crippen molar-refractivity contribution in [2.24, 2.45) is 5.73 Å². The third-order valence-corrected chi connectivity index (χ3v) is 2.84. The maximum Gasteiger partial charge on any atom is 0.147 e. The third kappa shape index (κ3) is 3.11. The number of halogens is 1. The number of pyridine rings is 1. The fraction of sp³-hybridized carbons (Fsp3) is 0.200. The van der Waals surface area contributed by atoms with Crippen molar-refractivity contribution in [3.8, 4) is 11.8 Å². The van der Waals surface area contributed by atoms with Crippen LogP contribution >= 0.6 is 0 Å². The van der Waals surface area contributed by atoms with Gasteiger partial charge < -0.3 is 10.5 Å². The summed E-state index contributed by atoms with van der Waals surface area (Å²) < 4.78 is 18.9. The van der Waals surface area contributed by atoms with Gasteiger partial charge in [0.25, 0.3) is 0 Å². The molecule has 1 atom stereocenters. The van der Waals surface area contributed by atoms with Gasteiger partial charge in [0.2, 0.25) is 0 Å². The van der Waals surface area contributed by atoms with Crippen LogP contribution in [0.25, 0.3) is 0 Å². The van der Waals surface area contributed by atoms with Crippen LogP contribution in [0.5, 0.6) is 5.75 Å². The first-order valence-corrected chi connectivity index (χ1v) is 6.13. The fourth-order valence-corrected chi connectivity index (χ4v) is 1.82. The Morgan fingerprint density at radius 1 is 1.45 bits per heavy atom. The van der Waals surface area contributed by atoms with Gasteiger partial charge in [0.05, 0.1) is 0 Å². The average molecular weight is 271 g/mol. The molecule has 2 N–H and O–H groups in total. The Bertz CT molecular complexity index is 650. The van der Waals surface area contributed by atoms with Crippen LogP contribution in [0.1, 0.15) is 29.8 Å². The predicted molar refractivity (Wildman–Crippen MR) is 72.3 cm³/mol. The van der Waals surface area contributed by atoms with E-state index >= 15 is 0 Å². The highest BCUT2D eigenvalue weighted by atomic mass is 19.1. The minimum absolute atomic E-state index is 0.183. The quantitative estimate of drug-likeness (QED) is 0.928. The molecule has 0 saturated carbocycles. The summed E-state index contributed by atoms with van der Waals surface area (Å²) in [6.07, 6.45) is 1.55. The molecule has 0 saturated heterocycles. The van der Waals surface area contributed by atoms with Crippen molar-refractivity contribution in [2.75, 3.05) is 0 Å². The molecule has 0 amide bonds. The molecule has 2 aromatic rings. The predicted octanol–water partition coefficient (Wildman–Crippen LogP) is 2.69. The normalized spacial score (nSPS) is 11.7. The second-order valence-electron chi connectivity index (χ2n) is 4.38. The van der Waals surface area contributed by atoms with E-state index in [1.54, 1.807) is 25.3 Å². The van der Waals surface area contributed by atoms with Gasteiger partial charge in [0, 0.05) is 23.4 Å². The van der Waals surface area contributed by atoms with Crippen molar-refractivity contribution in [3.05, 3.63) is 59.2 Å². The van der Waals surface area contributed by atoms with Gasteiger partial charge in [-0.25, -0.2) is 9.37 Å². The lowest BCUT2D eigenvalue weighted by Crippen LogP contribution is -2.09. The first-order valence-electron chi connectivity index (χ1n) is 6.13. The van der Waals surface area contributed by atoms with E-state index in [9.17, 15) is 4.39 Å². The number of ether oxygens (including phenoxy) is 1. The van der Waals surface area contributed by atoms with Crippen LogP contribution in [0.2, 0.25) is 0 Å². The highest BCUT2D eigenvalue weighted by molar-refractivity contribution is 5.37. The van der Waals surface area contributed by atoms with Crippen LogP contribution in [-0.4, -0.2) is 4.98 Å². The number of nitrogens with two attached hydrogens (primary N) is 1. The Kier molecular flexibility index (Phi) is 4.28. The summed E-state index contributed by atoms with van der Waals surface area (Å²) in [5, 5.41) is 8.96. The third-order valence-electron chi connectivity index (χ3n) is 2.84. The Morgan fingerprint density at radius 3 is 2.95 bits per heavy atom. The van der Waals surface area contributed by atoms with E-state index in [4.69, 9.17) is 15.7 Å². The van der Waals surface area contributed by atoms with E-state index < -0.39 is 0 Å². The first kappa shape index (κ1) is 14.0. The summed E-state index contributed by atoms with van der Waals surface area (Å²) in [5.74, 6) is 0.151. The van der Waals surface area contributed by atoms with E-state index in [1.165, 1.54) is 18.2 Å². The highest BCUT2D eigenvalue weighted by Gasteiger charge is 2.11. The largest absolute Gasteiger partial charge is 0.488 e. The molecule has 4 nitrogen and oxygen atoms in total. The standard InChI is InChI=1S/C15H14FN3O/c1-10(18)13-7-12(16)4-5-15(13)20-9-11-3-2-6-19-14(11)8-17/h2-7,10H,9,18H2,1H3/t10-/m0/s1. The van der Waals surface area contributed by atoms with E-state index in [0.29, 0.717) is 22.6 Å². The summed E-state index contributed by atoms with van der Waals surface area (Å²) >= 11 is 0. The zero-order chi connectivity index (χ0) is 14.5. The van der Waals surface area contributed by atoms with Crippen molar-refractivity contribution in [3.63, 3.8) is 0 Å². The van der Waals surface area contributed by atoms with E-state index in [0.717, 1.165) is 0 Å². The summed E-state index contributed by atoms with van der Waals surface area (Å²) in [5.41, 5.74) is 7.38. The molecule has 0 aliphatic rings. The van der Waals surface area contributed by atoms with Crippen LogP contribution in [0, 0.1) is 17.1 Å². The van der Waals surface area contributed by atoms with Crippen LogP contribution in [-0.2, 0) is 6.61 Å². The number of aromatic nitrogens is 1. The number of benzene rings is 1.